The van der Waals surface area contributed by atoms with E-state index >= 15 is 0 Å². The van der Waals surface area contributed by atoms with Crippen molar-refractivity contribution >= 4 is 44.4 Å². The molecule has 6 nitrogen and oxygen atoms in total. The highest BCUT2D eigenvalue weighted by molar-refractivity contribution is 9.10. The molecule has 1 aliphatic heterocycles. The first-order valence-corrected chi connectivity index (χ1v) is 9.94. The summed E-state index contributed by atoms with van der Waals surface area (Å²) >= 11 is 3.43. The van der Waals surface area contributed by atoms with Crippen molar-refractivity contribution in [3.8, 4) is 0 Å². The van der Waals surface area contributed by atoms with E-state index < -0.39 is 0 Å². The van der Waals surface area contributed by atoms with Gasteiger partial charge in [0.1, 0.15) is 5.58 Å². The molecule has 2 heterocycles. The predicted octanol–water partition coefficient (Wildman–Crippen LogP) is 3.59. The SMILES string of the molecule is O=C(CN1CCN(C(=O)c2cc3ccccc3o2)CC1)Nc1ccccc1Br. The molecule has 0 bridgehead atoms. The van der Waals surface area contributed by atoms with Gasteiger partial charge in [0.25, 0.3) is 5.91 Å². The summed E-state index contributed by atoms with van der Waals surface area (Å²) in [4.78, 5) is 28.8. The number of anilines is 1. The lowest BCUT2D eigenvalue weighted by atomic mass is 10.2. The van der Waals surface area contributed by atoms with E-state index in [1.54, 1.807) is 11.0 Å². The fourth-order valence-electron chi connectivity index (χ4n) is 3.31. The molecular weight excluding hydrogens is 422 g/mol. The average Bonchev–Trinajstić information content (AvgIpc) is 3.14. The van der Waals surface area contributed by atoms with Gasteiger partial charge in [-0.05, 0) is 40.2 Å². The van der Waals surface area contributed by atoms with Gasteiger partial charge in [-0.2, -0.15) is 0 Å². The summed E-state index contributed by atoms with van der Waals surface area (Å²) in [5.74, 6) is 0.193. The number of nitrogens with zero attached hydrogens (tertiary/aromatic N) is 2. The average molecular weight is 442 g/mol. The van der Waals surface area contributed by atoms with E-state index in [0.29, 0.717) is 44.1 Å². The van der Waals surface area contributed by atoms with Crippen LogP contribution in [0.4, 0.5) is 5.69 Å². The zero-order valence-corrected chi connectivity index (χ0v) is 16.8. The highest BCUT2D eigenvalue weighted by Crippen LogP contribution is 2.22. The Morgan fingerprint density at radius 2 is 1.71 bits per heavy atom. The Bertz CT molecular complexity index is 976. The predicted molar refractivity (Wildman–Crippen MR) is 111 cm³/mol. The molecule has 28 heavy (non-hydrogen) atoms. The molecule has 0 atom stereocenters. The Hall–Kier alpha value is -2.64. The fraction of sp³-hybridized carbons (Fsp3) is 0.238. The van der Waals surface area contributed by atoms with E-state index in [4.69, 9.17) is 4.42 Å². The summed E-state index contributed by atoms with van der Waals surface area (Å²) in [5, 5.41) is 3.83. The Morgan fingerprint density at radius 3 is 2.46 bits per heavy atom. The summed E-state index contributed by atoms with van der Waals surface area (Å²) in [7, 11) is 0. The summed E-state index contributed by atoms with van der Waals surface area (Å²) < 4.78 is 6.53. The van der Waals surface area contributed by atoms with Crippen LogP contribution >= 0.6 is 15.9 Å². The van der Waals surface area contributed by atoms with Crippen LogP contribution in [0.5, 0.6) is 0 Å². The van der Waals surface area contributed by atoms with Crippen molar-refractivity contribution < 1.29 is 14.0 Å². The molecule has 144 valence electrons. The van der Waals surface area contributed by atoms with Gasteiger partial charge in [0.2, 0.25) is 5.91 Å². The molecule has 0 radical (unpaired) electrons. The fourth-order valence-corrected chi connectivity index (χ4v) is 3.69. The van der Waals surface area contributed by atoms with Gasteiger partial charge in [-0.25, -0.2) is 0 Å². The first kappa shape index (κ1) is 18.7. The molecule has 0 spiro atoms. The Morgan fingerprint density at radius 1 is 1.00 bits per heavy atom. The third-order valence-corrected chi connectivity index (χ3v) is 5.50. The Balaban J connectivity index is 1.31. The standard InChI is InChI=1S/C21H20BrN3O3/c22-16-6-2-3-7-17(16)23-20(26)14-24-9-11-25(12-10-24)21(27)19-13-15-5-1-4-8-18(15)28-19/h1-8,13H,9-12,14H2,(H,23,26). The van der Waals surface area contributed by atoms with Gasteiger partial charge < -0.3 is 14.6 Å². The number of halogens is 1. The number of rotatable bonds is 4. The van der Waals surface area contributed by atoms with Crippen LogP contribution in [0.1, 0.15) is 10.6 Å². The zero-order chi connectivity index (χ0) is 19.5. The number of furan rings is 1. The van der Waals surface area contributed by atoms with E-state index in [9.17, 15) is 9.59 Å². The van der Waals surface area contributed by atoms with E-state index in [-0.39, 0.29) is 11.8 Å². The van der Waals surface area contributed by atoms with Crippen molar-refractivity contribution in [1.82, 2.24) is 9.80 Å². The lowest BCUT2D eigenvalue weighted by Crippen LogP contribution is -2.50. The molecule has 3 aromatic rings. The Kier molecular flexibility index (Phi) is 5.45. The van der Waals surface area contributed by atoms with E-state index in [0.717, 1.165) is 15.5 Å². The number of amides is 2. The van der Waals surface area contributed by atoms with Gasteiger partial charge >= 0.3 is 0 Å². The maximum absolute atomic E-state index is 12.7. The van der Waals surface area contributed by atoms with Gasteiger partial charge in [-0.1, -0.05) is 30.3 Å². The van der Waals surface area contributed by atoms with Gasteiger partial charge in [0.05, 0.1) is 12.2 Å². The quantitative estimate of drug-likeness (QED) is 0.671. The number of carbonyl (C=O) groups is 2. The molecule has 1 aromatic heterocycles. The van der Waals surface area contributed by atoms with Crippen molar-refractivity contribution in [2.75, 3.05) is 38.0 Å². The number of nitrogens with one attached hydrogen (secondary N) is 1. The largest absolute Gasteiger partial charge is 0.451 e. The van der Waals surface area contributed by atoms with Crippen LogP contribution in [0, 0.1) is 0 Å². The molecule has 2 aromatic carbocycles. The molecule has 1 saturated heterocycles. The third-order valence-electron chi connectivity index (χ3n) is 4.81. The van der Waals surface area contributed by atoms with Gasteiger partial charge in [0.15, 0.2) is 5.76 Å². The minimum absolute atomic E-state index is 0.0658. The normalized spacial score (nSPS) is 15.0. The second kappa shape index (κ2) is 8.16. The van der Waals surface area contributed by atoms with Gasteiger partial charge in [0, 0.05) is 36.0 Å². The minimum atomic E-state index is -0.103. The molecule has 7 heteroatoms. The number of fused-ring (bicyclic) bond motifs is 1. The van der Waals surface area contributed by atoms with Crippen LogP contribution in [0.25, 0.3) is 11.0 Å². The first-order valence-electron chi connectivity index (χ1n) is 9.15. The topological polar surface area (TPSA) is 65.8 Å². The van der Waals surface area contributed by atoms with E-state index in [1.807, 2.05) is 48.5 Å². The number of hydrogen-bond donors (Lipinski definition) is 1. The van der Waals surface area contributed by atoms with Crippen LogP contribution in [0.2, 0.25) is 0 Å². The maximum atomic E-state index is 12.7. The van der Waals surface area contributed by atoms with Crippen molar-refractivity contribution in [2.45, 2.75) is 0 Å². The molecule has 4 rings (SSSR count). The zero-order valence-electron chi connectivity index (χ0n) is 15.2. The highest BCUT2D eigenvalue weighted by atomic mass is 79.9. The molecule has 0 unspecified atom stereocenters. The number of benzene rings is 2. The summed E-state index contributed by atoms with van der Waals surface area (Å²) in [6.07, 6.45) is 0. The number of carbonyl (C=O) groups excluding carboxylic acids is 2. The molecule has 0 saturated carbocycles. The van der Waals surface area contributed by atoms with Crippen LogP contribution in [0.15, 0.2) is 63.5 Å². The monoisotopic (exact) mass is 441 g/mol. The highest BCUT2D eigenvalue weighted by Gasteiger charge is 2.25. The number of hydrogen-bond acceptors (Lipinski definition) is 4. The van der Waals surface area contributed by atoms with Gasteiger partial charge in [-0.15, -0.1) is 0 Å². The van der Waals surface area contributed by atoms with Crippen molar-refractivity contribution in [3.05, 3.63) is 64.8 Å². The molecule has 2 amide bonds. The summed E-state index contributed by atoms with van der Waals surface area (Å²) in [5.41, 5.74) is 1.47. The number of para-hydroxylation sites is 2. The summed E-state index contributed by atoms with van der Waals surface area (Å²) in [6, 6.07) is 16.9. The second-order valence-corrected chi connectivity index (χ2v) is 7.60. The van der Waals surface area contributed by atoms with Crippen LogP contribution < -0.4 is 5.32 Å². The maximum Gasteiger partial charge on any atom is 0.289 e. The van der Waals surface area contributed by atoms with Crippen LogP contribution in [0.3, 0.4) is 0 Å². The molecule has 1 fully saturated rings. The molecule has 1 aliphatic rings. The molecular formula is C21H20BrN3O3. The smallest absolute Gasteiger partial charge is 0.289 e. The molecule has 0 aliphatic carbocycles. The van der Waals surface area contributed by atoms with Crippen LogP contribution in [-0.2, 0) is 4.79 Å². The first-order chi connectivity index (χ1) is 13.6. The van der Waals surface area contributed by atoms with Crippen molar-refractivity contribution in [2.24, 2.45) is 0 Å². The third kappa shape index (κ3) is 4.10. The van der Waals surface area contributed by atoms with E-state index in [1.165, 1.54) is 0 Å². The van der Waals surface area contributed by atoms with Gasteiger partial charge in [-0.3, -0.25) is 14.5 Å². The Labute approximate surface area is 171 Å². The lowest BCUT2D eigenvalue weighted by molar-refractivity contribution is -0.117. The van der Waals surface area contributed by atoms with Crippen LogP contribution in [-0.4, -0.2) is 54.3 Å². The molecule has 1 N–H and O–H groups in total. The second-order valence-electron chi connectivity index (χ2n) is 6.74. The summed E-state index contributed by atoms with van der Waals surface area (Å²) in [6.45, 7) is 2.73. The van der Waals surface area contributed by atoms with Crippen molar-refractivity contribution in [1.29, 1.82) is 0 Å². The number of piperazine rings is 1. The van der Waals surface area contributed by atoms with Crippen molar-refractivity contribution in [3.63, 3.8) is 0 Å². The lowest BCUT2D eigenvalue weighted by Gasteiger charge is -2.33. The minimum Gasteiger partial charge on any atom is -0.451 e. The van der Waals surface area contributed by atoms with E-state index in [2.05, 4.69) is 26.1 Å².